The van der Waals surface area contributed by atoms with Crippen molar-refractivity contribution in [2.24, 2.45) is 0 Å². The zero-order chi connectivity index (χ0) is 20.9. The number of carbonyl (C=O) groups is 1. The fourth-order valence-electron chi connectivity index (χ4n) is 4.07. The summed E-state index contributed by atoms with van der Waals surface area (Å²) < 4.78 is 0. The Hall–Kier alpha value is -3.42. The van der Waals surface area contributed by atoms with Crippen LogP contribution in [0.25, 0.3) is 11.1 Å². The van der Waals surface area contributed by atoms with Gasteiger partial charge < -0.3 is 4.90 Å². The monoisotopic (exact) mass is 395 g/mol. The van der Waals surface area contributed by atoms with E-state index in [4.69, 9.17) is 0 Å². The summed E-state index contributed by atoms with van der Waals surface area (Å²) in [6.07, 6.45) is 0. The molecule has 0 N–H and O–H groups in total. The van der Waals surface area contributed by atoms with Gasteiger partial charge in [-0.3, -0.25) is 9.69 Å². The van der Waals surface area contributed by atoms with E-state index in [9.17, 15) is 10.1 Å². The molecule has 30 heavy (non-hydrogen) atoms. The minimum absolute atomic E-state index is 0.0357. The number of piperazine rings is 1. The lowest BCUT2D eigenvalue weighted by atomic mass is 9.95. The van der Waals surface area contributed by atoms with Crippen molar-refractivity contribution < 1.29 is 4.79 Å². The first kappa shape index (κ1) is 19.9. The number of hydrogen-bond acceptors (Lipinski definition) is 3. The summed E-state index contributed by atoms with van der Waals surface area (Å²) in [7, 11) is 0. The fraction of sp³-hybridized carbons (Fsp3) is 0.231. The van der Waals surface area contributed by atoms with Crippen molar-refractivity contribution in [3.05, 3.63) is 95.1 Å². The van der Waals surface area contributed by atoms with E-state index in [0.717, 1.165) is 30.8 Å². The summed E-state index contributed by atoms with van der Waals surface area (Å²) in [6, 6.07) is 25.9. The summed E-state index contributed by atoms with van der Waals surface area (Å²) in [5, 5.41) is 9.47. The predicted octanol–water partition coefficient (Wildman–Crippen LogP) is 4.49. The van der Waals surface area contributed by atoms with E-state index in [-0.39, 0.29) is 5.91 Å². The number of nitriles is 1. The number of aryl methyl sites for hydroxylation is 1. The summed E-state index contributed by atoms with van der Waals surface area (Å²) in [5.74, 6) is 0.0357. The van der Waals surface area contributed by atoms with Crippen LogP contribution in [0.4, 0.5) is 0 Å². The average molecular weight is 396 g/mol. The first-order valence-corrected chi connectivity index (χ1v) is 10.3. The Morgan fingerprint density at radius 1 is 0.900 bits per heavy atom. The first-order chi connectivity index (χ1) is 14.7. The van der Waals surface area contributed by atoms with Crippen molar-refractivity contribution >= 4 is 5.91 Å². The molecule has 0 aliphatic carbocycles. The fourth-order valence-corrected chi connectivity index (χ4v) is 4.07. The van der Waals surface area contributed by atoms with E-state index in [1.807, 2.05) is 47.4 Å². The van der Waals surface area contributed by atoms with Gasteiger partial charge in [0.15, 0.2) is 0 Å². The molecular weight excluding hydrogens is 370 g/mol. The summed E-state index contributed by atoms with van der Waals surface area (Å²) in [6.45, 7) is 6.16. The van der Waals surface area contributed by atoms with E-state index < -0.39 is 0 Å². The first-order valence-electron chi connectivity index (χ1n) is 10.3. The van der Waals surface area contributed by atoms with Gasteiger partial charge in [-0.25, -0.2) is 0 Å². The van der Waals surface area contributed by atoms with Crippen LogP contribution >= 0.6 is 0 Å². The molecule has 4 nitrogen and oxygen atoms in total. The quantitative estimate of drug-likeness (QED) is 0.654. The molecule has 1 heterocycles. The third-order valence-corrected chi connectivity index (χ3v) is 5.64. The van der Waals surface area contributed by atoms with Gasteiger partial charge in [0.2, 0.25) is 0 Å². The normalized spacial score (nSPS) is 14.3. The van der Waals surface area contributed by atoms with Crippen molar-refractivity contribution in [3.8, 4) is 17.2 Å². The number of rotatable bonds is 4. The molecular formula is C26H25N3O. The second-order valence-corrected chi connectivity index (χ2v) is 7.76. The lowest BCUT2D eigenvalue weighted by Crippen LogP contribution is -2.48. The van der Waals surface area contributed by atoms with Crippen LogP contribution in [-0.2, 0) is 6.54 Å². The van der Waals surface area contributed by atoms with Gasteiger partial charge in [-0.1, -0.05) is 66.2 Å². The topological polar surface area (TPSA) is 47.3 Å². The van der Waals surface area contributed by atoms with Gasteiger partial charge in [0, 0.05) is 43.9 Å². The van der Waals surface area contributed by atoms with Crippen LogP contribution in [-0.4, -0.2) is 41.9 Å². The second kappa shape index (κ2) is 8.94. The van der Waals surface area contributed by atoms with E-state index in [1.165, 1.54) is 11.1 Å². The van der Waals surface area contributed by atoms with Crippen molar-refractivity contribution in [2.45, 2.75) is 13.5 Å². The van der Waals surface area contributed by atoms with Gasteiger partial charge >= 0.3 is 0 Å². The van der Waals surface area contributed by atoms with E-state index in [1.54, 1.807) is 6.07 Å². The van der Waals surface area contributed by atoms with Crippen LogP contribution in [0.15, 0.2) is 72.8 Å². The largest absolute Gasteiger partial charge is 0.336 e. The molecule has 1 fully saturated rings. The number of nitrogens with zero attached hydrogens (tertiary/aromatic N) is 3. The highest BCUT2D eigenvalue weighted by Crippen LogP contribution is 2.28. The molecule has 150 valence electrons. The molecule has 0 radical (unpaired) electrons. The minimum atomic E-state index is 0.0357. The number of benzene rings is 3. The zero-order valence-corrected chi connectivity index (χ0v) is 17.2. The standard InChI is InChI=1S/C26H25N3O/c1-20-7-6-8-21(17-20)19-28-13-15-29(16-14-28)26(30)25-12-5-4-11-24(25)23-10-3-2-9-22(23)18-27/h2-12,17H,13-16,19H2,1H3. The molecule has 3 aromatic carbocycles. The van der Waals surface area contributed by atoms with Crippen LogP contribution in [0, 0.1) is 18.3 Å². The van der Waals surface area contributed by atoms with Crippen LogP contribution < -0.4 is 0 Å². The van der Waals surface area contributed by atoms with Gasteiger partial charge in [-0.05, 0) is 30.2 Å². The van der Waals surface area contributed by atoms with Gasteiger partial charge in [0.25, 0.3) is 5.91 Å². The summed E-state index contributed by atoms with van der Waals surface area (Å²) >= 11 is 0. The van der Waals surface area contributed by atoms with Crippen LogP contribution in [0.2, 0.25) is 0 Å². The number of hydrogen-bond donors (Lipinski definition) is 0. The Kier molecular flexibility index (Phi) is 5.92. The van der Waals surface area contributed by atoms with Crippen molar-refractivity contribution in [1.29, 1.82) is 5.26 Å². The van der Waals surface area contributed by atoms with Gasteiger partial charge in [0.1, 0.15) is 0 Å². The predicted molar refractivity (Wildman–Crippen MR) is 119 cm³/mol. The molecule has 0 bridgehead atoms. The molecule has 0 saturated carbocycles. The molecule has 4 heteroatoms. The third-order valence-electron chi connectivity index (χ3n) is 5.64. The highest BCUT2D eigenvalue weighted by molar-refractivity contribution is 6.01. The van der Waals surface area contributed by atoms with Crippen molar-refractivity contribution in [3.63, 3.8) is 0 Å². The third kappa shape index (κ3) is 4.27. The molecule has 1 saturated heterocycles. The van der Waals surface area contributed by atoms with E-state index in [2.05, 4.69) is 42.2 Å². The molecule has 4 rings (SSSR count). The highest BCUT2D eigenvalue weighted by Gasteiger charge is 2.24. The maximum atomic E-state index is 13.3. The van der Waals surface area contributed by atoms with Crippen LogP contribution in [0.1, 0.15) is 27.0 Å². The Morgan fingerprint density at radius 3 is 2.33 bits per heavy atom. The Labute approximate surface area is 178 Å². The maximum Gasteiger partial charge on any atom is 0.254 e. The smallest absolute Gasteiger partial charge is 0.254 e. The Morgan fingerprint density at radius 2 is 1.60 bits per heavy atom. The lowest BCUT2D eigenvalue weighted by Gasteiger charge is -2.35. The van der Waals surface area contributed by atoms with E-state index >= 15 is 0 Å². The molecule has 0 unspecified atom stereocenters. The average Bonchev–Trinajstić information content (AvgIpc) is 2.79. The zero-order valence-electron chi connectivity index (χ0n) is 17.2. The van der Waals surface area contributed by atoms with Crippen LogP contribution in [0.5, 0.6) is 0 Å². The van der Waals surface area contributed by atoms with Gasteiger partial charge in [-0.2, -0.15) is 5.26 Å². The van der Waals surface area contributed by atoms with Crippen molar-refractivity contribution in [1.82, 2.24) is 9.80 Å². The number of carbonyl (C=O) groups excluding carboxylic acids is 1. The Bertz CT molecular complexity index is 1090. The highest BCUT2D eigenvalue weighted by atomic mass is 16.2. The van der Waals surface area contributed by atoms with Gasteiger partial charge in [-0.15, -0.1) is 0 Å². The lowest BCUT2D eigenvalue weighted by molar-refractivity contribution is 0.0629. The minimum Gasteiger partial charge on any atom is -0.336 e. The van der Waals surface area contributed by atoms with Gasteiger partial charge in [0.05, 0.1) is 11.6 Å². The molecule has 1 aliphatic heterocycles. The number of amides is 1. The summed E-state index contributed by atoms with van der Waals surface area (Å²) in [5.41, 5.74) is 5.46. The molecule has 0 aromatic heterocycles. The molecule has 0 atom stereocenters. The maximum absolute atomic E-state index is 13.3. The van der Waals surface area contributed by atoms with Crippen molar-refractivity contribution in [2.75, 3.05) is 26.2 Å². The molecule has 3 aromatic rings. The molecule has 0 spiro atoms. The molecule has 1 aliphatic rings. The SMILES string of the molecule is Cc1cccc(CN2CCN(C(=O)c3ccccc3-c3ccccc3C#N)CC2)c1. The second-order valence-electron chi connectivity index (χ2n) is 7.76. The van der Waals surface area contributed by atoms with E-state index in [0.29, 0.717) is 24.2 Å². The Balaban J connectivity index is 1.48. The molecule has 1 amide bonds. The summed E-state index contributed by atoms with van der Waals surface area (Å²) in [4.78, 5) is 17.7. The van der Waals surface area contributed by atoms with Crippen LogP contribution in [0.3, 0.4) is 0 Å².